The summed E-state index contributed by atoms with van der Waals surface area (Å²) in [4.78, 5) is 15.5. The topological polar surface area (TPSA) is 38.7 Å². The van der Waals surface area contributed by atoms with Crippen molar-refractivity contribution in [2.75, 3.05) is 7.11 Å². The first-order valence-corrected chi connectivity index (χ1v) is 4.60. The van der Waals surface area contributed by atoms with Gasteiger partial charge in [-0.15, -0.1) is 0 Å². The summed E-state index contributed by atoms with van der Waals surface area (Å²) in [6.45, 7) is 6.35. The summed E-state index contributed by atoms with van der Waals surface area (Å²) in [5, 5.41) is 0. The number of ether oxygens (including phenoxy) is 1. The summed E-state index contributed by atoms with van der Waals surface area (Å²) < 4.78 is 4.65. The number of rotatable bonds is 1. The number of hydrogen-bond donors (Lipinski definition) is 0. The molecule has 0 aromatic heterocycles. The standard InChI is InChI=1S/C10H17NO2/c1-10(2,3)8-6-5-7(11-8)9(12)13-4/h7H,5-6H2,1-4H3/t7-/m0/s1. The van der Waals surface area contributed by atoms with Crippen molar-refractivity contribution in [1.82, 2.24) is 0 Å². The average Bonchev–Trinajstić information content (AvgIpc) is 2.50. The Morgan fingerprint density at radius 3 is 2.54 bits per heavy atom. The molecule has 74 valence electrons. The molecule has 3 nitrogen and oxygen atoms in total. The zero-order chi connectivity index (χ0) is 10.1. The second-order valence-electron chi connectivity index (χ2n) is 4.40. The predicted molar refractivity (Wildman–Crippen MR) is 51.9 cm³/mol. The smallest absolute Gasteiger partial charge is 0.330 e. The molecule has 0 aromatic rings. The number of methoxy groups -OCH3 is 1. The lowest BCUT2D eigenvalue weighted by Crippen LogP contribution is -2.19. The Bertz CT molecular complexity index is 238. The van der Waals surface area contributed by atoms with Gasteiger partial charge < -0.3 is 4.74 Å². The molecular weight excluding hydrogens is 166 g/mol. The van der Waals surface area contributed by atoms with Crippen LogP contribution in [-0.4, -0.2) is 24.8 Å². The van der Waals surface area contributed by atoms with Crippen molar-refractivity contribution in [3.05, 3.63) is 0 Å². The molecule has 0 radical (unpaired) electrons. The van der Waals surface area contributed by atoms with E-state index in [4.69, 9.17) is 0 Å². The molecule has 0 amide bonds. The molecule has 0 unspecified atom stereocenters. The number of carbonyl (C=O) groups is 1. The van der Waals surface area contributed by atoms with Gasteiger partial charge in [-0.25, -0.2) is 4.79 Å². The Kier molecular flexibility index (Phi) is 2.74. The monoisotopic (exact) mass is 183 g/mol. The highest BCUT2D eigenvalue weighted by molar-refractivity contribution is 5.94. The Morgan fingerprint density at radius 2 is 2.15 bits per heavy atom. The largest absolute Gasteiger partial charge is 0.467 e. The first-order chi connectivity index (χ1) is 5.95. The van der Waals surface area contributed by atoms with Gasteiger partial charge in [0.25, 0.3) is 0 Å². The molecule has 0 aromatic carbocycles. The van der Waals surface area contributed by atoms with Crippen LogP contribution in [0.1, 0.15) is 33.6 Å². The van der Waals surface area contributed by atoms with Crippen LogP contribution >= 0.6 is 0 Å². The van der Waals surface area contributed by atoms with Gasteiger partial charge in [0.1, 0.15) is 6.04 Å². The molecule has 0 fully saturated rings. The fourth-order valence-corrected chi connectivity index (χ4v) is 1.47. The molecule has 1 aliphatic heterocycles. The molecule has 0 saturated heterocycles. The first kappa shape index (κ1) is 10.2. The molecule has 0 spiro atoms. The normalized spacial score (nSPS) is 22.8. The Hall–Kier alpha value is -0.860. The summed E-state index contributed by atoms with van der Waals surface area (Å²) >= 11 is 0. The molecule has 0 bridgehead atoms. The summed E-state index contributed by atoms with van der Waals surface area (Å²) in [6, 6.07) is -0.251. The van der Waals surface area contributed by atoms with Crippen molar-refractivity contribution in [2.45, 2.75) is 39.7 Å². The molecule has 0 N–H and O–H groups in total. The fraction of sp³-hybridized carbons (Fsp3) is 0.800. The minimum Gasteiger partial charge on any atom is -0.467 e. The van der Waals surface area contributed by atoms with Crippen LogP contribution in [0.3, 0.4) is 0 Å². The molecular formula is C10H17NO2. The lowest BCUT2D eigenvalue weighted by Gasteiger charge is -2.17. The van der Waals surface area contributed by atoms with Crippen molar-refractivity contribution in [2.24, 2.45) is 10.4 Å². The molecule has 13 heavy (non-hydrogen) atoms. The third-order valence-corrected chi connectivity index (χ3v) is 2.31. The second kappa shape index (κ2) is 3.48. The maximum Gasteiger partial charge on any atom is 0.330 e. The van der Waals surface area contributed by atoms with Crippen LogP contribution in [0.15, 0.2) is 4.99 Å². The second-order valence-corrected chi connectivity index (χ2v) is 4.40. The lowest BCUT2D eigenvalue weighted by atomic mass is 9.88. The highest BCUT2D eigenvalue weighted by Gasteiger charge is 2.30. The van der Waals surface area contributed by atoms with Crippen LogP contribution in [0.2, 0.25) is 0 Å². The van der Waals surface area contributed by atoms with Gasteiger partial charge in [0.15, 0.2) is 0 Å². The van der Waals surface area contributed by atoms with Crippen molar-refractivity contribution in [3.8, 4) is 0 Å². The van der Waals surface area contributed by atoms with Crippen LogP contribution < -0.4 is 0 Å². The van der Waals surface area contributed by atoms with E-state index in [0.29, 0.717) is 0 Å². The van der Waals surface area contributed by atoms with Gasteiger partial charge >= 0.3 is 5.97 Å². The maximum absolute atomic E-state index is 11.2. The van der Waals surface area contributed by atoms with Gasteiger partial charge in [-0.05, 0) is 18.3 Å². The minimum atomic E-state index is -0.251. The van der Waals surface area contributed by atoms with Crippen molar-refractivity contribution in [1.29, 1.82) is 0 Å². The van der Waals surface area contributed by atoms with Crippen molar-refractivity contribution in [3.63, 3.8) is 0 Å². The quantitative estimate of drug-likeness (QED) is 0.581. The van der Waals surface area contributed by atoms with Crippen LogP contribution in [-0.2, 0) is 9.53 Å². The van der Waals surface area contributed by atoms with Crippen LogP contribution in [0, 0.1) is 5.41 Å². The fourth-order valence-electron chi connectivity index (χ4n) is 1.47. The third kappa shape index (κ3) is 2.29. The number of carbonyl (C=O) groups excluding carboxylic acids is 1. The van der Waals surface area contributed by atoms with Gasteiger partial charge in [0, 0.05) is 5.71 Å². The number of esters is 1. The molecule has 0 aliphatic carbocycles. The van der Waals surface area contributed by atoms with Crippen molar-refractivity contribution < 1.29 is 9.53 Å². The Labute approximate surface area is 79.2 Å². The van der Waals surface area contributed by atoms with E-state index in [1.807, 2.05) is 0 Å². The average molecular weight is 183 g/mol. The van der Waals surface area contributed by atoms with Crippen LogP contribution in [0.25, 0.3) is 0 Å². The highest BCUT2D eigenvalue weighted by Crippen LogP contribution is 2.26. The summed E-state index contributed by atoms with van der Waals surface area (Å²) in [6.07, 6.45) is 1.72. The Morgan fingerprint density at radius 1 is 1.54 bits per heavy atom. The van der Waals surface area contributed by atoms with E-state index in [1.54, 1.807) is 0 Å². The first-order valence-electron chi connectivity index (χ1n) is 4.60. The van der Waals surface area contributed by atoms with E-state index in [2.05, 4.69) is 30.5 Å². The zero-order valence-corrected chi connectivity index (χ0v) is 8.76. The molecule has 3 heteroatoms. The molecule has 1 rings (SSSR count). The molecule has 1 heterocycles. The molecule has 1 aliphatic rings. The summed E-state index contributed by atoms with van der Waals surface area (Å²) in [5.74, 6) is -0.209. The van der Waals surface area contributed by atoms with E-state index in [1.165, 1.54) is 7.11 Å². The van der Waals surface area contributed by atoms with Gasteiger partial charge in [-0.2, -0.15) is 0 Å². The Balaban J connectivity index is 2.69. The van der Waals surface area contributed by atoms with Gasteiger partial charge in [0.2, 0.25) is 0 Å². The van der Waals surface area contributed by atoms with Gasteiger partial charge in [-0.1, -0.05) is 20.8 Å². The predicted octanol–water partition coefficient (Wildman–Crippen LogP) is 1.81. The number of aliphatic imine (C=N–C) groups is 1. The van der Waals surface area contributed by atoms with Crippen LogP contribution in [0.5, 0.6) is 0 Å². The zero-order valence-electron chi connectivity index (χ0n) is 8.76. The van der Waals surface area contributed by atoms with E-state index < -0.39 is 0 Å². The van der Waals surface area contributed by atoms with E-state index in [-0.39, 0.29) is 17.4 Å². The SMILES string of the molecule is COC(=O)[C@@H]1CCC(C(C)(C)C)=N1. The molecule has 0 saturated carbocycles. The van der Waals surface area contributed by atoms with E-state index in [9.17, 15) is 4.79 Å². The van der Waals surface area contributed by atoms with Crippen LogP contribution in [0.4, 0.5) is 0 Å². The highest BCUT2D eigenvalue weighted by atomic mass is 16.5. The maximum atomic E-state index is 11.2. The van der Waals surface area contributed by atoms with Crippen molar-refractivity contribution >= 4 is 11.7 Å². The summed E-state index contributed by atoms with van der Waals surface area (Å²) in [7, 11) is 1.41. The summed E-state index contributed by atoms with van der Waals surface area (Å²) in [5.41, 5.74) is 1.21. The number of hydrogen-bond acceptors (Lipinski definition) is 3. The van der Waals surface area contributed by atoms with E-state index in [0.717, 1.165) is 18.6 Å². The molecule has 1 atom stereocenters. The van der Waals surface area contributed by atoms with E-state index >= 15 is 0 Å². The number of nitrogens with zero attached hydrogens (tertiary/aromatic N) is 1. The van der Waals surface area contributed by atoms with Gasteiger partial charge in [0.05, 0.1) is 7.11 Å². The minimum absolute atomic E-state index is 0.0861. The van der Waals surface area contributed by atoms with Gasteiger partial charge in [-0.3, -0.25) is 4.99 Å². The lowest BCUT2D eigenvalue weighted by molar-refractivity contribution is -0.141. The third-order valence-electron chi connectivity index (χ3n) is 2.31.